The van der Waals surface area contributed by atoms with Crippen LogP contribution in [0.3, 0.4) is 0 Å². The highest BCUT2D eigenvalue weighted by atomic mass is 35.5. The molecular weight excluding hydrogens is 320 g/mol. The number of hydrogen-bond donors (Lipinski definition) is 0. The topological polar surface area (TPSA) is 41.4 Å². The Morgan fingerprint density at radius 1 is 1.41 bits per heavy atom. The van der Waals surface area contributed by atoms with Crippen LogP contribution in [0.5, 0.6) is 0 Å². The van der Waals surface area contributed by atoms with E-state index in [0.717, 1.165) is 44.1 Å². The third-order valence-corrected chi connectivity index (χ3v) is 5.39. The van der Waals surface area contributed by atoms with Gasteiger partial charge in [0.2, 0.25) is 0 Å². The Labute approximate surface area is 142 Å². The summed E-state index contributed by atoms with van der Waals surface area (Å²) in [6, 6.07) is 0.554. The molecule has 0 radical (unpaired) electrons. The fourth-order valence-electron chi connectivity index (χ4n) is 2.73. The van der Waals surface area contributed by atoms with Gasteiger partial charge in [0.1, 0.15) is 0 Å². The molecule has 5 nitrogen and oxygen atoms in total. The smallest absolute Gasteiger partial charge is 0.275 e. The van der Waals surface area contributed by atoms with Crippen LogP contribution in [0, 0.1) is 0 Å². The molecule has 22 heavy (non-hydrogen) atoms. The number of aryl methyl sites for hydroxylation is 1. The number of carbonyl (C=O) groups is 1. The number of carbonyl (C=O) groups excluding carboxylic acids is 1. The zero-order valence-electron chi connectivity index (χ0n) is 13.6. The minimum absolute atomic E-state index is 0.0527. The first kappa shape index (κ1) is 17.6. The van der Waals surface area contributed by atoms with E-state index in [0.29, 0.717) is 16.8 Å². The second kappa shape index (κ2) is 8.22. The van der Waals surface area contributed by atoms with Gasteiger partial charge in [-0.25, -0.2) is 0 Å². The number of amides is 1. The van der Waals surface area contributed by atoms with Crippen LogP contribution in [-0.4, -0.2) is 69.2 Å². The quantitative estimate of drug-likeness (QED) is 0.822. The summed E-state index contributed by atoms with van der Waals surface area (Å²) in [5.41, 5.74) is 0.368. The van der Waals surface area contributed by atoms with Crippen LogP contribution < -0.4 is 0 Å². The van der Waals surface area contributed by atoms with E-state index < -0.39 is 0 Å². The van der Waals surface area contributed by atoms with E-state index in [1.54, 1.807) is 17.9 Å². The molecule has 1 saturated heterocycles. The van der Waals surface area contributed by atoms with Crippen molar-refractivity contribution in [3.63, 3.8) is 0 Å². The van der Waals surface area contributed by atoms with Crippen LogP contribution in [0.25, 0.3) is 0 Å². The van der Waals surface area contributed by atoms with E-state index in [4.69, 9.17) is 11.6 Å². The molecule has 2 rings (SSSR count). The van der Waals surface area contributed by atoms with Crippen molar-refractivity contribution in [2.45, 2.75) is 26.3 Å². The number of thioether (sulfide) groups is 1. The molecule has 0 saturated carbocycles. The summed E-state index contributed by atoms with van der Waals surface area (Å²) in [6.45, 7) is 7.95. The van der Waals surface area contributed by atoms with E-state index >= 15 is 0 Å². The summed E-state index contributed by atoms with van der Waals surface area (Å²) >= 11 is 8.07. The van der Waals surface area contributed by atoms with E-state index in [-0.39, 0.29) is 5.91 Å². The summed E-state index contributed by atoms with van der Waals surface area (Å²) in [7, 11) is 1.78. The van der Waals surface area contributed by atoms with Gasteiger partial charge in [0, 0.05) is 51.2 Å². The fraction of sp³-hybridized carbons (Fsp3) is 0.733. The maximum Gasteiger partial charge on any atom is 0.275 e. The molecule has 0 N–H and O–H groups in total. The molecule has 1 aromatic rings. The Morgan fingerprint density at radius 3 is 2.82 bits per heavy atom. The van der Waals surface area contributed by atoms with Crippen molar-refractivity contribution < 1.29 is 4.79 Å². The van der Waals surface area contributed by atoms with Gasteiger partial charge in [0.25, 0.3) is 5.91 Å². The standard InChI is InChI=1S/C15H25ClN4OS/c1-4-22-11-12(2)19-6-5-7-20(9-8-19)15(21)14-13(16)10-18(3)17-14/h10,12H,4-9,11H2,1-3H3. The molecule has 1 aliphatic rings. The van der Waals surface area contributed by atoms with Gasteiger partial charge >= 0.3 is 0 Å². The molecular formula is C15H25ClN4OS. The monoisotopic (exact) mass is 344 g/mol. The van der Waals surface area contributed by atoms with Crippen molar-refractivity contribution in [1.29, 1.82) is 0 Å². The van der Waals surface area contributed by atoms with Crippen molar-refractivity contribution in [1.82, 2.24) is 19.6 Å². The molecule has 0 spiro atoms. The molecule has 1 aliphatic heterocycles. The van der Waals surface area contributed by atoms with Crippen LogP contribution in [0.15, 0.2) is 6.20 Å². The third kappa shape index (κ3) is 4.40. The lowest BCUT2D eigenvalue weighted by atomic mass is 10.3. The predicted molar refractivity (Wildman–Crippen MR) is 92.8 cm³/mol. The first-order valence-corrected chi connectivity index (χ1v) is 9.36. The van der Waals surface area contributed by atoms with Crippen molar-refractivity contribution in [2.75, 3.05) is 37.7 Å². The molecule has 2 heterocycles. The fourth-order valence-corrected chi connectivity index (χ4v) is 3.78. The van der Waals surface area contributed by atoms with Gasteiger partial charge in [-0.15, -0.1) is 0 Å². The van der Waals surface area contributed by atoms with Gasteiger partial charge < -0.3 is 4.90 Å². The molecule has 1 aromatic heterocycles. The number of nitrogens with zero attached hydrogens (tertiary/aromatic N) is 4. The van der Waals surface area contributed by atoms with Gasteiger partial charge in [-0.1, -0.05) is 18.5 Å². The summed E-state index contributed by atoms with van der Waals surface area (Å²) < 4.78 is 1.59. The minimum atomic E-state index is -0.0527. The lowest BCUT2D eigenvalue weighted by molar-refractivity contribution is 0.0753. The first-order valence-electron chi connectivity index (χ1n) is 7.83. The third-order valence-electron chi connectivity index (χ3n) is 3.99. The Balaban J connectivity index is 1.95. The van der Waals surface area contributed by atoms with Gasteiger partial charge in [-0.2, -0.15) is 16.9 Å². The van der Waals surface area contributed by atoms with Crippen LogP contribution in [0.4, 0.5) is 0 Å². The van der Waals surface area contributed by atoms with Gasteiger partial charge in [0.15, 0.2) is 5.69 Å². The number of hydrogen-bond acceptors (Lipinski definition) is 4. The first-order chi connectivity index (χ1) is 10.5. The van der Waals surface area contributed by atoms with Crippen LogP contribution in [0.2, 0.25) is 5.02 Å². The Morgan fingerprint density at radius 2 is 2.18 bits per heavy atom. The zero-order chi connectivity index (χ0) is 16.1. The second-order valence-electron chi connectivity index (χ2n) is 5.69. The van der Waals surface area contributed by atoms with E-state index in [9.17, 15) is 4.79 Å². The van der Waals surface area contributed by atoms with Crippen LogP contribution in [-0.2, 0) is 7.05 Å². The number of rotatable bonds is 5. The maximum atomic E-state index is 12.6. The van der Waals surface area contributed by atoms with Crippen molar-refractivity contribution in [2.24, 2.45) is 7.05 Å². The van der Waals surface area contributed by atoms with Crippen LogP contribution >= 0.6 is 23.4 Å². The van der Waals surface area contributed by atoms with E-state index in [1.165, 1.54) is 0 Å². The lowest BCUT2D eigenvalue weighted by Gasteiger charge is -2.27. The Kier molecular flexibility index (Phi) is 6.59. The molecule has 7 heteroatoms. The molecule has 1 atom stereocenters. The average molecular weight is 345 g/mol. The molecule has 0 aliphatic carbocycles. The van der Waals surface area contributed by atoms with E-state index in [2.05, 4.69) is 23.8 Å². The number of aromatic nitrogens is 2. The number of halogens is 1. The highest BCUT2D eigenvalue weighted by Crippen LogP contribution is 2.17. The summed E-state index contributed by atoms with van der Waals surface area (Å²) in [6.07, 6.45) is 2.67. The molecule has 1 unspecified atom stereocenters. The van der Waals surface area contributed by atoms with Gasteiger partial charge in [0.05, 0.1) is 5.02 Å². The molecule has 1 amide bonds. The van der Waals surface area contributed by atoms with Crippen molar-refractivity contribution >= 4 is 29.3 Å². The second-order valence-corrected chi connectivity index (χ2v) is 7.42. The summed E-state index contributed by atoms with van der Waals surface area (Å²) in [5, 5.41) is 4.62. The largest absolute Gasteiger partial charge is 0.336 e. The van der Waals surface area contributed by atoms with Crippen molar-refractivity contribution in [3.8, 4) is 0 Å². The Bertz CT molecular complexity index is 508. The lowest BCUT2D eigenvalue weighted by Crippen LogP contribution is -2.39. The van der Waals surface area contributed by atoms with E-state index in [1.807, 2.05) is 16.7 Å². The predicted octanol–water partition coefficient (Wildman–Crippen LogP) is 2.36. The summed E-state index contributed by atoms with van der Waals surface area (Å²) in [4.78, 5) is 16.9. The van der Waals surface area contributed by atoms with Gasteiger partial charge in [-0.3, -0.25) is 14.4 Å². The normalized spacial score (nSPS) is 18.3. The molecule has 1 fully saturated rings. The SMILES string of the molecule is CCSCC(C)N1CCCN(C(=O)c2nn(C)cc2Cl)CC1. The molecule has 0 bridgehead atoms. The van der Waals surface area contributed by atoms with Crippen molar-refractivity contribution in [3.05, 3.63) is 16.9 Å². The highest BCUT2D eigenvalue weighted by Gasteiger charge is 2.25. The highest BCUT2D eigenvalue weighted by molar-refractivity contribution is 7.99. The zero-order valence-corrected chi connectivity index (χ0v) is 15.2. The molecule has 0 aromatic carbocycles. The Hall–Kier alpha value is -0.720. The van der Waals surface area contributed by atoms with Gasteiger partial charge in [-0.05, 0) is 19.1 Å². The average Bonchev–Trinajstić information content (AvgIpc) is 2.70. The van der Waals surface area contributed by atoms with Crippen LogP contribution in [0.1, 0.15) is 30.8 Å². The molecule has 124 valence electrons. The summed E-state index contributed by atoms with van der Waals surface area (Å²) in [5.74, 6) is 2.25. The minimum Gasteiger partial charge on any atom is -0.336 e. The maximum absolute atomic E-state index is 12.6.